The summed E-state index contributed by atoms with van der Waals surface area (Å²) < 4.78 is 27.6. The van der Waals surface area contributed by atoms with Crippen molar-refractivity contribution in [2.24, 2.45) is 5.92 Å². The first-order valence-electron chi connectivity index (χ1n) is 9.12. The third-order valence-electron chi connectivity index (χ3n) is 6.30. The molecule has 3 atom stereocenters. The molecule has 5 nitrogen and oxygen atoms in total. The minimum absolute atomic E-state index is 0.0781. The van der Waals surface area contributed by atoms with Crippen LogP contribution < -0.4 is 0 Å². The van der Waals surface area contributed by atoms with Crippen LogP contribution in [0.15, 0.2) is 30.5 Å². The van der Waals surface area contributed by atoms with E-state index in [9.17, 15) is 13.6 Å². The molecule has 4 aliphatic rings. The molecular weight excluding hydrogens is 338 g/mol. The first-order chi connectivity index (χ1) is 12.6. The van der Waals surface area contributed by atoms with Crippen molar-refractivity contribution in [3.63, 3.8) is 0 Å². The molecule has 7 heteroatoms. The summed E-state index contributed by atoms with van der Waals surface area (Å²) in [6, 6.07) is 5.61. The molecule has 0 saturated carbocycles. The van der Waals surface area contributed by atoms with Crippen molar-refractivity contribution >= 4 is 5.91 Å². The second kappa shape index (κ2) is 5.87. The molecular formula is C19H20F2N4O. The van der Waals surface area contributed by atoms with Gasteiger partial charge in [0, 0.05) is 30.8 Å². The van der Waals surface area contributed by atoms with Crippen LogP contribution in [0.4, 0.5) is 8.78 Å². The molecule has 6 rings (SSSR count). The summed E-state index contributed by atoms with van der Waals surface area (Å²) in [5.41, 5.74) is 1.11. The number of carbonyl (C=O) groups is 1. The lowest BCUT2D eigenvalue weighted by molar-refractivity contribution is -0.00361. The molecule has 5 heterocycles. The number of benzene rings is 1. The predicted octanol–water partition coefficient (Wildman–Crippen LogP) is 2.39. The van der Waals surface area contributed by atoms with E-state index in [4.69, 9.17) is 0 Å². The smallest absolute Gasteiger partial charge is 0.272 e. The van der Waals surface area contributed by atoms with Crippen molar-refractivity contribution in [1.82, 2.24) is 20.0 Å². The summed E-state index contributed by atoms with van der Waals surface area (Å²) in [6.07, 6.45) is 3.70. The van der Waals surface area contributed by atoms with Gasteiger partial charge in [-0.1, -0.05) is 0 Å². The third-order valence-corrected chi connectivity index (χ3v) is 6.30. The number of nitrogens with zero attached hydrogens (tertiary/aromatic N) is 3. The average molecular weight is 358 g/mol. The largest absolute Gasteiger partial charge is 0.332 e. The zero-order chi connectivity index (χ0) is 17.8. The van der Waals surface area contributed by atoms with Crippen molar-refractivity contribution < 1.29 is 13.6 Å². The number of hydrogen-bond donors (Lipinski definition) is 1. The van der Waals surface area contributed by atoms with Crippen LogP contribution >= 0.6 is 0 Å². The maximum atomic E-state index is 13.8. The van der Waals surface area contributed by atoms with Crippen molar-refractivity contribution in [3.8, 4) is 0 Å². The van der Waals surface area contributed by atoms with Gasteiger partial charge in [-0.05, 0) is 55.6 Å². The molecule has 26 heavy (non-hydrogen) atoms. The topological polar surface area (TPSA) is 52.2 Å². The SMILES string of the molecule is O=C(c1ccn[nH]1)N1C[C@@H](c2cc(F)cc(F)c2)[C@@H]2[C@H]1C1CCN2CC1. The monoisotopic (exact) mass is 358 g/mol. The van der Waals surface area contributed by atoms with E-state index in [2.05, 4.69) is 15.1 Å². The molecule has 2 aromatic rings. The molecule has 1 aromatic heterocycles. The molecule has 1 aromatic carbocycles. The Morgan fingerprint density at radius 2 is 1.85 bits per heavy atom. The van der Waals surface area contributed by atoms with E-state index in [0.717, 1.165) is 32.0 Å². The zero-order valence-corrected chi connectivity index (χ0v) is 14.2. The normalized spacial score (nSPS) is 32.7. The Hall–Kier alpha value is -2.28. The molecule has 0 radical (unpaired) electrons. The van der Waals surface area contributed by atoms with Gasteiger partial charge in [-0.25, -0.2) is 8.78 Å². The van der Waals surface area contributed by atoms with Gasteiger partial charge >= 0.3 is 0 Å². The van der Waals surface area contributed by atoms with Crippen LogP contribution in [0.3, 0.4) is 0 Å². The molecule has 0 aliphatic carbocycles. The number of nitrogens with one attached hydrogen (secondary N) is 1. The highest BCUT2D eigenvalue weighted by Gasteiger charge is 2.54. The number of rotatable bonds is 2. The lowest BCUT2D eigenvalue weighted by Gasteiger charge is -2.51. The van der Waals surface area contributed by atoms with Crippen molar-refractivity contribution in [2.75, 3.05) is 19.6 Å². The maximum Gasteiger partial charge on any atom is 0.272 e. The lowest BCUT2D eigenvalue weighted by atomic mass is 9.75. The number of H-pyrrole nitrogens is 1. The summed E-state index contributed by atoms with van der Waals surface area (Å²) in [5, 5.41) is 6.64. The number of amides is 1. The Morgan fingerprint density at radius 3 is 2.50 bits per heavy atom. The first-order valence-corrected chi connectivity index (χ1v) is 9.12. The molecule has 1 amide bonds. The average Bonchev–Trinajstić information content (AvgIpc) is 3.30. The van der Waals surface area contributed by atoms with E-state index >= 15 is 0 Å². The third kappa shape index (κ3) is 2.37. The van der Waals surface area contributed by atoms with Gasteiger partial charge in [0.15, 0.2) is 0 Å². The summed E-state index contributed by atoms with van der Waals surface area (Å²) in [7, 11) is 0. The molecule has 136 valence electrons. The standard InChI is InChI=1S/C19H20F2N4O/c20-13-7-12(8-14(21)9-13)15-10-25(19(26)16-1-4-22-23-16)17-11-2-5-24(6-3-11)18(15)17/h1,4,7-9,11,15,17-18H,2-3,5-6,10H2,(H,22,23)/t15-,17+,18+/m0/s1. The molecule has 0 unspecified atom stereocenters. The van der Waals surface area contributed by atoms with Gasteiger partial charge in [0.1, 0.15) is 17.3 Å². The van der Waals surface area contributed by atoms with Crippen LogP contribution in [-0.4, -0.2) is 57.6 Å². The highest BCUT2D eigenvalue weighted by molar-refractivity contribution is 5.92. The van der Waals surface area contributed by atoms with Crippen LogP contribution in [0.1, 0.15) is 34.8 Å². The summed E-state index contributed by atoms with van der Waals surface area (Å²) >= 11 is 0. The van der Waals surface area contributed by atoms with Gasteiger partial charge in [-0.2, -0.15) is 5.10 Å². The number of likely N-dealkylation sites (tertiary alicyclic amines) is 1. The molecule has 2 bridgehead atoms. The fraction of sp³-hybridized carbons (Fsp3) is 0.474. The number of aromatic amines is 1. The number of piperidine rings is 3. The number of fused-ring (bicyclic) bond motifs is 2. The van der Waals surface area contributed by atoms with Gasteiger partial charge in [0.05, 0.1) is 6.04 Å². The Bertz CT molecular complexity index is 812. The fourth-order valence-electron chi connectivity index (χ4n) is 5.27. The van der Waals surface area contributed by atoms with Crippen LogP contribution in [-0.2, 0) is 0 Å². The molecule has 4 saturated heterocycles. The maximum absolute atomic E-state index is 13.8. The highest BCUT2D eigenvalue weighted by Crippen LogP contribution is 2.47. The van der Waals surface area contributed by atoms with E-state index in [1.807, 2.05) is 4.90 Å². The highest BCUT2D eigenvalue weighted by atomic mass is 19.1. The lowest BCUT2D eigenvalue weighted by Crippen LogP contribution is -2.60. The summed E-state index contributed by atoms with van der Waals surface area (Å²) in [4.78, 5) is 17.3. The Labute approximate surface area is 150 Å². The summed E-state index contributed by atoms with van der Waals surface area (Å²) in [6.45, 7) is 2.46. The van der Waals surface area contributed by atoms with E-state index in [1.165, 1.54) is 12.1 Å². The van der Waals surface area contributed by atoms with E-state index in [-0.39, 0.29) is 23.9 Å². The van der Waals surface area contributed by atoms with Crippen LogP contribution in [0.2, 0.25) is 0 Å². The van der Waals surface area contributed by atoms with Crippen LogP contribution in [0.25, 0.3) is 0 Å². The second-order valence-electron chi connectivity index (χ2n) is 7.59. The van der Waals surface area contributed by atoms with Gasteiger partial charge in [-0.3, -0.25) is 14.8 Å². The Morgan fingerprint density at radius 1 is 1.12 bits per heavy atom. The zero-order valence-electron chi connectivity index (χ0n) is 14.2. The molecule has 1 N–H and O–H groups in total. The predicted molar refractivity (Wildman–Crippen MR) is 90.6 cm³/mol. The minimum atomic E-state index is -0.564. The fourth-order valence-corrected chi connectivity index (χ4v) is 5.27. The quantitative estimate of drug-likeness (QED) is 0.897. The van der Waals surface area contributed by atoms with Crippen LogP contribution in [0, 0.1) is 17.6 Å². The first kappa shape index (κ1) is 15.9. The van der Waals surface area contributed by atoms with Crippen molar-refractivity contribution in [3.05, 3.63) is 53.4 Å². The number of hydrogen-bond acceptors (Lipinski definition) is 3. The second-order valence-corrected chi connectivity index (χ2v) is 7.59. The van der Waals surface area contributed by atoms with Crippen LogP contribution in [0.5, 0.6) is 0 Å². The van der Waals surface area contributed by atoms with Gasteiger partial charge in [-0.15, -0.1) is 0 Å². The van der Waals surface area contributed by atoms with Crippen molar-refractivity contribution in [2.45, 2.75) is 30.8 Å². The van der Waals surface area contributed by atoms with Crippen molar-refractivity contribution in [1.29, 1.82) is 0 Å². The van der Waals surface area contributed by atoms with Gasteiger partial charge < -0.3 is 4.90 Å². The minimum Gasteiger partial charge on any atom is -0.332 e. The summed E-state index contributed by atoms with van der Waals surface area (Å²) in [5.74, 6) is -0.845. The number of halogens is 2. The Kier molecular flexibility index (Phi) is 3.60. The molecule has 4 aliphatic heterocycles. The Balaban J connectivity index is 1.55. The van der Waals surface area contributed by atoms with E-state index < -0.39 is 11.6 Å². The van der Waals surface area contributed by atoms with E-state index in [0.29, 0.717) is 23.7 Å². The van der Waals surface area contributed by atoms with Gasteiger partial charge in [0.25, 0.3) is 5.91 Å². The molecule has 0 spiro atoms. The number of aromatic nitrogens is 2. The molecule has 4 fully saturated rings. The van der Waals surface area contributed by atoms with E-state index in [1.54, 1.807) is 12.3 Å². The number of carbonyl (C=O) groups excluding carboxylic acids is 1. The van der Waals surface area contributed by atoms with Gasteiger partial charge in [0.2, 0.25) is 0 Å².